The van der Waals surface area contributed by atoms with Gasteiger partial charge in [0.05, 0.1) is 13.1 Å². The Bertz CT molecular complexity index is 651. The highest BCUT2D eigenvalue weighted by Gasteiger charge is 2.09. The molecule has 0 bridgehead atoms. The molecule has 3 nitrogen and oxygen atoms in total. The number of carbonyl (C=O) groups excluding carboxylic acids is 1. The summed E-state index contributed by atoms with van der Waals surface area (Å²) in [5.74, 6) is 5.66. The van der Waals surface area contributed by atoms with Gasteiger partial charge in [-0.2, -0.15) is 0 Å². The number of nitrogens with two attached hydrogens (primary N) is 1. The fraction of sp³-hybridized carbons (Fsp3) is 0.188. The molecule has 4 heteroatoms. The normalized spacial score (nSPS) is 9.70. The lowest BCUT2D eigenvalue weighted by Gasteiger charge is -2.07. The highest BCUT2D eigenvalue weighted by atomic mass is 32.1. The van der Waals surface area contributed by atoms with Crippen LogP contribution in [0.15, 0.2) is 35.7 Å². The molecule has 0 fully saturated rings. The molecule has 0 atom stereocenters. The molecule has 3 N–H and O–H groups in total. The number of hydrogen-bond donors (Lipinski definition) is 2. The summed E-state index contributed by atoms with van der Waals surface area (Å²) in [7, 11) is 0. The number of hydrogen-bond acceptors (Lipinski definition) is 3. The maximum absolute atomic E-state index is 12.2. The topological polar surface area (TPSA) is 55.1 Å². The summed E-state index contributed by atoms with van der Waals surface area (Å²) in [6, 6.07) is 9.58. The predicted molar refractivity (Wildman–Crippen MR) is 82.6 cm³/mol. The van der Waals surface area contributed by atoms with E-state index in [-0.39, 0.29) is 5.91 Å². The van der Waals surface area contributed by atoms with Crippen molar-refractivity contribution in [3.8, 4) is 11.8 Å². The number of rotatable bonds is 3. The molecule has 0 aliphatic rings. The van der Waals surface area contributed by atoms with Crippen molar-refractivity contribution in [1.29, 1.82) is 0 Å². The smallest absolute Gasteiger partial charge is 0.251 e. The summed E-state index contributed by atoms with van der Waals surface area (Å²) in [5, 5.41) is 4.92. The molecule has 2 rings (SSSR count). The minimum absolute atomic E-state index is 0.0766. The molecule has 1 aromatic heterocycles. The Morgan fingerprint density at radius 2 is 2.25 bits per heavy atom. The van der Waals surface area contributed by atoms with Gasteiger partial charge in [0, 0.05) is 16.0 Å². The Labute approximate surface area is 122 Å². The fourth-order valence-electron chi connectivity index (χ4n) is 1.77. The van der Waals surface area contributed by atoms with Gasteiger partial charge in [-0.25, -0.2) is 0 Å². The van der Waals surface area contributed by atoms with E-state index >= 15 is 0 Å². The molecule has 0 saturated heterocycles. The summed E-state index contributed by atoms with van der Waals surface area (Å²) in [4.78, 5) is 13.3. The summed E-state index contributed by atoms with van der Waals surface area (Å²) in [5.41, 5.74) is 7.76. The van der Waals surface area contributed by atoms with Crippen LogP contribution in [0.3, 0.4) is 0 Å². The molecule has 1 amide bonds. The maximum atomic E-state index is 12.2. The van der Waals surface area contributed by atoms with E-state index in [9.17, 15) is 4.79 Å². The Kier molecular flexibility index (Phi) is 4.94. The van der Waals surface area contributed by atoms with Gasteiger partial charge in [-0.3, -0.25) is 4.79 Å². The van der Waals surface area contributed by atoms with Crippen LogP contribution in [0, 0.1) is 18.8 Å². The number of thiophene rings is 1. The first kappa shape index (κ1) is 14.3. The third-order valence-corrected chi connectivity index (χ3v) is 3.70. The molecule has 0 aliphatic carbocycles. The van der Waals surface area contributed by atoms with Gasteiger partial charge in [0.15, 0.2) is 0 Å². The highest BCUT2D eigenvalue weighted by Crippen LogP contribution is 2.12. The molecular formula is C16H16N2OS. The van der Waals surface area contributed by atoms with Crippen molar-refractivity contribution in [2.45, 2.75) is 13.5 Å². The van der Waals surface area contributed by atoms with Crippen LogP contribution in [-0.4, -0.2) is 12.5 Å². The molecule has 2 aromatic rings. The first-order chi connectivity index (χ1) is 9.70. The maximum Gasteiger partial charge on any atom is 0.251 e. The Balaban J connectivity index is 2.12. The van der Waals surface area contributed by atoms with Crippen LogP contribution < -0.4 is 11.1 Å². The SMILES string of the molecule is Cc1ccc(C#CCN)cc1C(=O)NCc1cccs1. The van der Waals surface area contributed by atoms with Gasteiger partial charge in [0.1, 0.15) is 0 Å². The van der Waals surface area contributed by atoms with Crippen LogP contribution in [-0.2, 0) is 6.54 Å². The number of nitrogens with one attached hydrogen (secondary N) is 1. The standard InChI is InChI=1S/C16H16N2OS/c1-12-6-7-13(4-2-8-17)10-15(12)16(19)18-11-14-5-3-9-20-14/h3,5-7,9-10H,8,11,17H2,1H3,(H,18,19). The van der Waals surface area contributed by atoms with Crippen LogP contribution in [0.5, 0.6) is 0 Å². The van der Waals surface area contributed by atoms with E-state index in [4.69, 9.17) is 5.73 Å². The van der Waals surface area contributed by atoms with E-state index in [0.717, 1.165) is 16.0 Å². The van der Waals surface area contributed by atoms with E-state index in [0.29, 0.717) is 18.7 Å². The lowest BCUT2D eigenvalue weighted by Crippen LogP contribution is -2.23. The van der Waals surface area contributed by atoms with Gasteiger partial charge >= 0.3 is 0 Å². The zero-order valence-electron chi connectivity index (χ0n) is 11.3. The van der Waals surface area contributed by atoms with Gasteiger partial charge in [0.25, 0.3) is 5.91 Å². The van der Waals surface area contributed by atoms with Crippen molar-refractivity contribution < 1.29 is 4.79 Å². The second kappa shape index (κ2) is 6.90. The fourth-order valence-corrected chi connectivity index (χ4v) is 2.42. The monoisotopic (exact) mass is 284 g/mol. The van der Waals surface area contributed by atoms with Crippen molar-refractivity contribution in [2.75, 3.05) is 6.54 Å². The Morgan fingerprint density at radius 1 is 1.40 bits per heavy atom. The molecular weight excluding hydrogens is 268 g/mol. The third kappa shape index (κ3) is 3.70. The molecule has 0 unspecified atom stereocenters. The van der Waals surface area contributed by atoms with E-state index in [1.807, 2.05) is 42.6 Å². The van der Waals surface area contributed by atoms with Crippen molar-refractivity contribution in [3.63, 3.8) is 0 Å². The Morgan fingerprint density at radius 3 is 2.95 bits per heavy atom. The van der Waals surface area contributed by atoms with Crippen molar-refractivity contribution in [3.05, 3.63) is 57.3 Å². The number of benzene rings is 1. The molecule has 20 heavy (non-hydrogen) atoms. The van der Waals surface area contributed by atoms with E-state index in [2.05, 4.69) is 17.2 Å². The van der Waals surface area contributed by atoms with Crippen molar-refractivity contribution in [2.24, 2.45) is 5.73 Å². The quantitative estimate of drug-likeness (QED) is 0.850. The highest BCUT2D eigenvalue weighted by molar-refractivity contribution is 7.09. The largest absolute Gasteiger partial charge is 0.347 e. The molecule has 0 spiro atoms. The average molecular weight is 284 g/mol. The lowest BCUT2D eigenvalue weighted by molar-refractivity contribution is 0.0950. The van der Waals surface area contributed by atoms with Crippen LogP contribution in [0.1, 0.15) is 26.4 Å². The van der Waals surface area contributed by atoms with Crippen LogP contribution in [0.25, 0.3) is 0 Å². The number of carbonyl (C=O) groups is 1. The minimum Gasteiger partial charge on any atom is -0.347 e. The second-order valence-corrected chi connectivity index (χ2v) is 5.33. The molecule has 1 aromatic carbocycles. The third-order valence-electron chi connectivity index (χ3n) is 2.82. The van der Waals surface area contributed by atoms with E-state index in [1.165, 1.54) is 0 Å². The van der Waals surface area contributed by atoms with Gasteiger partial charge in [-0.1, -0.05) is 24.0 Å². The number of amides is 1. The summed E-state index contributed by atoms with van der Waals surface area (Å²) < 4.78 is 0. The first-order valence-corrected chi connectivity index (χ1v) is 7.19. The van der Waals surface area contributed by atoms with Gasteiger partial charge in [0.2, 0.25) is 0 Å². The van der Waals surface area contributed by atoms with Gasteiger partial charge in [-0.15, -0.1) is 11.3 Å². The average Bonchev–Trinajstić information content (AvgIpc) is 2.97. The van der Waals surface area contributed by atoms with Crippen LogP contribution >= 0.6 is 11.3 Å². The molecule has 0 radical (unpaired) electrons. The molecule has 0 aliphatic heterocycles. The van der Waals surface area contributed by atoms with Gasteiger partial charge < -0.3 is 11.1 Å². The molecule has 102 valence electrons. The van der Waals surface area contributed by atoms with E-state index < -0.39 is 0 Å². The lowest BCUT2D eigenvalue weighted by atomic mass is 10.0. The van der Waals surface area contributed by atoms with Gasteiger partial charge in [-0.05, 0) is 36.1 Å². The zero-order valence-corrected chi connectivity index (χ0v) is 12.1. The zero-order chi connectivity index (χ0) is 14.4. The van der Waals surface area contributed by atoms with Crippen LogP contribution in [0.2, 0.25) is 0 Å². The van der Waals surface area contributed by atoms with Crippen molar-refractivity contribution in [1.82, 2.24) is 5.32 Å². The molecule has 1 heterocycles. The second-order valence-electron chi connectivity index (χ2n) is 4.30. The minimum atomic E-state index is -0.0766. The van der Waals surface area contributed by atoms with E-state index in [1.54, 1.807) is 11.3 Å². The van der Waals surface area contributed by atoms with Crippen LogP contribution in [0.4, 0.5) is 0 Å². The first-order valence-electron chi connectivity index (χ1n) is 6.31. The Hall–Kier alpha value is -2.09. The predicted octanol–water partition coefficient (Wildman–Crippen LogP) is 2.30. The summed E-state index contributed by atoms with van der Waals surface area (Å²) in [6.07, 6.45) is 0. The summed E-state index contributed by atoms with van der Waals surface area (Å²) >= 11 is 1.63. The number of aryl methyl sites for hydroxylation is 1. The van der Waals surface area contributed by atoms with Crippen molar-refractivity contribution >= 4 is 17.2 Å². The molecule has 0 saturated carbocycles. The summed E-state index contributed by atoms with van der Waals surface area (Å²) in [6.45, 7) is 2.78.